The van der Waals surface area contributed by atoms with Gasteiger partial charge in [0.2, 0.25) is 0 Å². The van der Waals surface area contributed by atoms with E-state index < -0.39 is 37.3 Å². The van der Waals surface area contributed by atoms with Gasteiger partial charge in [0.05, 0.1) is 12.7 Å². The lowest BCUT2D eigenvalue weighted by atomic mass is 9.99. The van der Waals surface area contributed by atoms with E-state index in [2.05, 4.69) is 0 Å². The Morgan fingerprint density at radius 2 is 1.84 bits per heavy atom. The monoisotopic (exact) mass is 280 g/mol. The third kappa shape index (κ3) is 4.64. The molecule has 5 N–H and O–H groups in total. The molecule has 0 aliphatic carbocycles. The molecule has 1 rings (SSSR count). The van der Waals surface area contributed by atoms with Crippen LogP contribution in [0.4, 0.5) is 0 Å². The van der Waals surface area contributed by atoms with Gasteiger partial charge in [-0.05, 0) is 19.3 Å². The lowest BCUT2D eigenvalue weighted by Gasteiger charge is -2.39. The summed E-state index contributed by atoms with van der Waals surface area (Å²) < 4.78 is 10.4. The van der Waals surface area contributed by atoms with Gasteiger partial charge in [-0.2, -0.15) is 0 Å². The Kier molecular flexibility index (Phi) is 7.16. The second-order valence-corrected chi connectivity index (χ2v) is 4.77. The Morgan fingerprint density at radius 1 is 1.16 bits per heavy atom. The molecular weight excluding hydrogens is 256 g/mol. The highest BCUT2D eigenvalue weighted by Gasteiger charge is 2.43. The minimum absolute atomic E-state index is 0.250. The molecule has 0 radical (unpaired) electrons. The number of hydrogen-bond acceptors (Lipinski definition) is 7. The topological polar surface area (TPSA) is 120 Å². The summed E-state index contributed by atoms with van der Waals surface area (Å²) in [6, 6.07) is 0. The Balaban J connectivity index is 2.35. The van der Waals surface area contributed by atoms with Gasteiger partial charge in [-0.25, -0.2) is 0 Å². The van der Waals surface area contributed by atoms with Crippen LogP contribution in [-0.2, 0) is 9.47 Å². The van der Waals surface area contributed by atoms with Crippen LogP contribution in [0.5, 0.6) is 0 Å². The predicted molar refractivity (Wildman–Crippen MR) is 65.3 cm³/mol. The molecule has 1 fully saturated rings. The highest BCUT2D eigenvalue weighted by molar-refractivity contribution is 4.88. The standard InChI is InChI=1S/C12H24O7/c1-2-7(14)4-3-5-18-12-11(17)10(16)9(15)8(6-13)19-12/h7-17H,2-6H2,1H3. The Bertz CT molecular complexity index is 248. The molecular formula is C12H24O7. The Hall–Kier alpha value is -0.280. The van der Waals surface area contributed by atoms with Crippen molar-refractivity contribution in [2.75, 3.05) is 13.2 Å². The third-order valence-corrected chi connectivity index (χ3v) is 3.28. The van der Waals surface area contributed by atoms with Crippen LogP contribution < -0.4 is 0 Å². The van der Waals surface area contributed by atoms with Crippen molar-refractivity contribution in [3.05, 3.63) is 0 Å². The van der Waals surface area contributed by atoms with Crippen molar-refractivity contribution >= 4 is 0 Å². The summed E-state index contributed by atoms with van der Waals surface area (Å²) in [4.78, 5) is 0. The SMILES string of the molecule is CCC(O)CCCOC1OC(CO)C(O)C(O)C1O. The molecule has 0 aromatic rings. The molecule has 6 atom stereocenters. The minimum atomic E-state index is -1.42. The van der Waals surface area contributed by atoms with E-state index in [9.17, 15) is 20.4 Å². The van der Waals surface area contributed by atoms with Crippen LogP contribution in [0.1, 0.15) is 26.2 Å². The summed E-state index contributed by atoms with van der Waals surface area (Å²) in [6.45, 7) is 1.65. The summed E-state index contributed by atoms with van der Waals surface area (Å²) in [5.41, 5.74) is 0. The molecule has 1 aliphatic rings. The number of aliphatic hydroxyl groups is 5. The third-order valence-electron chi connectivity index (χ3n) is 3.28. The maximum Gasteiger partial charge on any atom is 0.186 e. The van der Waals surface area contributed by atoms with Crippen LogP contribution in [0.15, 0.2) is 0 Å². The van der Waals surface area contributed by atoms with Gasteiger partial charge in [0, 0.05) is 6.61 Å². The molecule has 7 nitrogen and oxygen atoms in total. The zero-order valence-electron chi connectivity index (χ0n) is 11.1. The molecule has 1 heterocycles. The van der Waals surface area contributed by atoms with E-state index in [0.29, 0.717) is 19.3 Å². The first-order valence-corrected chi connectivity index (χ1v) is 6.61. The van der Waals surface area contributed by atoms with E-state index in [4.69, 9.17) is 14.6 Å². The van der Waals surface area contributed by atoms with Gasteiger partial charge >= 0.3 is 0 Å². The van der Waals surface area contributed by atoms with Crippen LogP contribution >= 0.6 is 0 Å². The van der Waals surface area contributed by atoms with Gasteiger partial charge in [0.25, 0.3) is 0 Å². The van der Waals surface area contributed by atoms with Crippen LogP contribution in [0.25, 0.3) is 0 Å². The molecule has 0 spiro atoms. The van der Waals surface area contributed by atoms with Gasteiger partial charge in [0.1, 0.15) is 24.4 Å². The molecule has 0 bridgehead atoms. The fourth-order valence-electron chi connectivity index (χ4n) is 1.93. The molecule has 0 aromatic carbocycles. The summed E-state index contributed by atoms with van der Waals surface area (Å²) >= 11 is 0. The average molecular weight is 280 g/mol. The molecule has 0 aromatic heterocycles. The van der Waals surface area contributed by atoms with Gasteiger partial charge in [-0.15, -0.1) is 0 Å². The summed E-state index contributed by atoms with van der Waals surface area (Å²) in [7, 11) is 0. The zero-order valence-corrected chi connectivity index (χ0v) is 11.1. The lowest BCUT2D eigenvalue weighted by Crippen LogP contribution is -2.59. The molecule has 6 unspecified atom stereocenters. The normalized spacial score (nSPS) is 37.3. The summed E-state index contributed by atoms with van der Waals surface area (Å²) in [5, 5.41) is 47.1. The highest BCUT2D eigenvalue weighted by atomic mass is 16.7. The number of rotatable bonds is 7. The van der Waals surface area contributed by atoms with Crippen molar-refractivity contribution in [3.8, 4) is 0 Å². The molecule has 114 valence electrons. The van der Waals surface area contributed by atoms with Crippen molar-refractivity contribution in [2.45, 2.75) is 63.0 Å². The van der Waals surface area contributed by atoms with Gasteiger partial charge in [-0.1, -0.05) is 6.92 Å². The smallest absolute Gasteiger partial charge is 0.186 e. The highest BCUT2D eigenvalue weighted by Crippen LogP contribution is 2.22. The number of ether oxygens (including phenoxy) is 2. The Morgan fingerprint density at radius 3 is 2.42 bits per heavy atom. The quantitative estimate of drug-likeness (QED) is 0.355. The molecule has 19 heavy (non-hydrogen) atoms. The molecule has 1 aliphatic heterocycles. The van der Waals surface area contributed by atoms with E-state index >= 15 is 0 Å². The van der Waals surface area contributed by atoms with E-state index in [1.807, 2.05) is 6.92 Å². The van der Waals surface area contributed by atoms with Gasteiger partial charge < -0.3 is 35.0 Å². The maximum atomic E-state index is 9.68. The number of hydrogen-bond donors (Lipinski definition) is 5. The Labute approximate surface area is 112 Å². The molecule has 0 amide bonds. The van der Waals surface area contributed by atoms with Crippen molar-refractivity contribution < 1.29 is 35.0 Å². The fourth-order valence-corrected chi connectivity index (χ4v) is 1.93. The largest absolute Gasteiger partial charge is 0.394 e. The van der Waals surface area contributed by atoms with Gasteiger partial charge in [-0.3, -0.25) is 0 Å². The summed E-state index contributed by atoms with van der Waals surface area (Å²) in [5.74, 6) is 0. The van der Waals surface area contributed by atoms with Crippen molar-refractivity contribution in [2.24, 2.45) is 0 Å². The van der Waals surface area contributed by atoms with Gasteiger partial charge in [0.15, 0.2) is 6.29 Å². The first-order valence-electron chi connectivity index (χ1n) is 6.61. The molecule has 1 saturated heterocycles. The van der Waals surface area contributed by atoms with E-state index in [1.165, 1.54) is 0 Å². The minimum Gasteiger partial charge on any atom is -0.394 e. The van der Waals surface area contributed by atoms with Crippen LogP contribution in [-0.4, -0.2) is 75.6 Å². The second kappa shape index (κ2) is 8.11. The molecule has 0 saturated carbocycles. The van der Waals surface area contributed by atoms with E-state index in [0.717, 1.165) is 0 Å². The maximum absolute atomic E-state index is 9.68. The van der Waals surface area contributed by atoms with E-state index in [-0.39, 0.29) is 12.7 Å². The van der Waals surface area contributed by atoms with Crippen LogP contribution in [0.3, 0.4) is 0 Å². The summed E-state index contributed by atoms with van der Waals surface area (Å²) in [6.07, 6.45) is -4.75. The number of aliphatic hydroxyl groups excluding tert-OH is 5. The fraction of sp³-hybridized carbons (Fsp3) is 1.00. The van der Waals surface area contributed by atoms with Crippen molar-refractivity contribution in [3.63, 3.8) is 0 Å². The van der Waals surface area contributed by atoms with Crippen LogP contribution in [0.2, 0.25) is 0 Å². The second-order valence-electron chi connectivity index (χ2n) is 4.77. The first-order chi connectivity index (χ1) is 9.01. The van der Waals surface area contributed by atoms with Crippen LogP contribution in [0, 0.1) is 0 Å². The average Bonchev–Trinajstić information content (AvgIpc) is 2.42. The van der Waals surface area contributed by atoms with Crippen molar-refractivity contribution in [1.29, 1.82) is 0 Å². The first kappa shape index (κ1) is 16.8. The lowest BCUT2D eigenvalue weighted by molar-refractivity contribution is -0.301. The van der Waals surface area contributed by atoms with Crippen molar-refractivity contribution in [1.82, 2.24) is 0 Å². The zero-order chi connectivity index (χ0) is 14.4. The molecule has 7 heteroatoms. The predicted octanol–water partition coefficient (Wildman–Crippen LogP) is -1.65. The van der Waals surface area contributed by atoms with E-state index in [1.54, 1.807) is 0 Å².